The van der Waals surface area contributed by atoms with Crippen molar-refractivity contribution in [2.45, 2.75) is 19.3 Å². The van der Waals surface area contributed by atoms with E-state index in [1.54, 1.807) is 0 Å². The van der Waals surface area contributed by atoms with Gasteiger partial charge < -0.3 is 13.7 Å². The highest BCUT2D eigenvalue weighted by Gasteiger charge is 2.40. The molecule has 0 bridgehead atoms. The normalized spacial score (nSPS) is 13.9. The molecular formula is C37H27N3. The van der Waals surface area contributed by atoms with Gasteiger partial charge in [0.25, 0.3) is 0 Å². The van der Waals surface area contributed by atoms with Gasteiger partial charge in [0.2, 0.25) is 0 Å². The van der Waals surface area contributed by atoms with Crippen LogP contribution < -0.4 is 0 Å². The highest BCUT2D eigenvalue weighted by Crippen LogP contribution is 2.51. The molecule has 4 heterocycles. The molecule has 1 aliphatic rings. The summed E-state index contributed by atoms with van der Waals surface area (Å²) >= 11 is 0. The minimum atomic E-state index is -0.190. The zero-order valence-electron chi connectivity index (χ0n) is 22.5. The van der Waals surface area contributed by atoms with Gasteiger partial charge in [-0.1, -0.05) is 86.6 Å². The average molecular weight is 514 g/mol. The Morgan fingerprint density at radius 1 is 0.500 bits per heavy atom. The Labute approximate surface area is 232 Å². The molecule has 0 saturated carbocycles. The molecule has 0 saturated heterocycles. The second kappa shape index (κ2) is 7.55. The van der Waals surface area contributed by atoms with E-state index in [4.69, 9.17) is 0 Å². The van der Waals surface area contributed by atoms with Crippen LogP contribution in [-0.2, 0) is 5.41 Å². The van der Waals surface area contributed by atoms with Gasteiger partial charge in [0, 0.05) is 44.5 Å². The van der Waals surface area contributed by atoms with Gasteiger partial charge in [0.05, 0.1) is 33.4 Å². The fourth-order valence-electron chi connectivity index (χ4n) is 7.26. The summed E-state index contributed by atoms with van der Waals surface area (Å²) in [6.45, 7) is 4.77. The van der Waals surface area contributed by atoms with Gasteiger partial charge in [-0.3, -0.25) is 0 Å². The summed E-state index contributed by atoms with van der Waals surface area (Å²) in [7, 11) is 0. The molecule has 0 fully saturated rings. The van der Waals surface area contributed by atoms with E-state index in [0.29, 0.717) is 0 Å². The zero-order valence-corrected chi connectivity index (χ0v) is 22.5. The van der Waals surface area contributed by atoms with Crippen LogP contribution in [0.1, 0.15) is 25.1 Å². The topological polar surface area (TPSA) is 14.8 Å². The van der Waals surface area contributed by atoms with E-state index in [-0.39, 0.29) is 5.41 Å². The Hall–Kier alpha value is -5.02. The van der Waals surface area contributed by atoms with Crippen molar-refractivity contribution in [1.82, 2.24) is 13.7 Å². The number of rotatable bonds is 2. The molecule has 0 spiro atoms. The number of benzene rings is 5. The molecule has 0 radical (unpaired) electrons. The van der Waals surface area contributed by atoms with Crippen molar-refractivity contribution in [3.63, 3.8) is 0 Å². The quantitative estimate of drug-likeness (QED) is 0.219. The first-order valence-corrected chi connectivity index (χ1v) is 14.0. The lowest BCUT2D eigenvalue weighted by atomic mass is 9.82. The van der Waals surface area contributed by atoms with Crippen LogP contribution in [0.25, 0.3) is 60.7 Å². The lowest BCUT2D eigenvalue weighted by molar-refractivity contribution is 0.646. The number of nitrogens with zero attached hydrogens (tertiary/aromatic N) is 3. The first kappa shape index (κ1) is 21.9. The molecule has 5 aromatic carbocycles. The molecule has 0 amide bonds. The first-order chi connectivity index (χ1) is 19.6. The minimum absolute atomic E-state index is 0.190. The van der Waals surface area contributed by atoms with Crippen LogP contribution in [0.5, 0.6) is 0 Å². The monoisotopic (exact) mass is 513 g/mol. The average Bonchev–Trinajstić information content (AvgIpc) is 3.68. The Balaban J connectivity index is 1.41. The highest BCUT2D eigenvalue weighted by atomic mass is 15.1. The van der Waals surface area contributed by atoms with Crippen molar-refractivity contribution in [3.8, 4) is 17.1 Å². The molecule has 3 aromatic heterocycles. The molecule has 0 atom stereocenters. The smallest absolute Gasteiger partial charge is 0.0763 e. The van der Waals surface area contributed by atoms with Crippen LogP contribution in [0.2, 0.25) is 0 Å². The van der Waals surface area contributed by atoms with Crippen molar-refractivity contribution in [2.24, 2.45) is 0 Å². The predicted octanol–water partition coefficient (Wildman–Crippen LogP) is 9.31. The third kappa shape index (κ3) is 2.64. The molecule has 190 valence electrons. The van der Waals surface area contributed by atoms with Gasteiger partial charge >= 0.3 is 0 Å². The van der Waals surface area contributed by atoms with Crippen LogP contribution >= 0.6 is 0 Å². The summed E-state index contributed by atoms with van der Waals surface area (Å²) in [5, 5.41) is 5.17. The third-order valence-corrected chi connectivity index (χ3v) is 8.98. The van der Waals surface area contributed by atoms with Gasteiger partial charge in [0.15, 0.2) is 0 Å². The molecule has 1 aliphatic heterocycles. The van der Waals surface area contributed by atoms with Gasteiger partial charge in [-0.25, -0.2) is 0 Å². The third-order valence-electron chi connectivity index (χ3n) is 8.98. The number of fused-ring (bicyclic) bond motifs is 10. The van der Waals surface area contributed by atoms with Crippen LogP contribution in [0, 0.1) is 0 Å². The Morgan fingerprint density at radius 3 is 1.73 bits per heavy atom. The fraction of sp³-hybridized carbons (Fsp3) is 0.0811. The summed E-state index contributed by atoms with van der Waals surface area (Å²) in [6, 6.07) is 44.0. The van der Waals surface area contributed by atoms with Gasteiger partial charge in [-0.15, -0.1) is 0 Å². The molecular weight excluding hydrogens is 486 g/mol. The molecule has 0 unspecified atom stereocenters. The van der Waals surface area contributed by atoms with E-state index in [9.17, 15) is 0 Å². The summed E-state index contributed by atoms with van der Waals surface area (Å²) < 4.78 is 7.36. The maximum atomic E-state index is 2.47. The van der Waals surface area contributed by atoms with Crippen molar-refractivity contribution >= 4 is 43.6 Å². The minimum Gasteiger partial charge on any atom is -0.317 e. The maximum absolute atomic E-state index is 2.47. The van der Waals surface area contributed by atoms with E-state index in [2.05, 4.69) is 155 Å². The Kier molecular flexibility index (Phi) is 4.13. The summed E-state index contributed by atoms with van der Waals surface area (Å²) in [4.78, 5) is 0. The van der Waals surface area contributed by atoms with Crippen LogP contribution in [0.3, 0.4) is 0 Å². The fourth-order valence-corrected chi connectivity index (χ4v) is 7.26. The van der Waals surface area contributed by atoms with Crippen molar-refractivity contribution < 1.29 is 0 Å². The van der Waals surface area contributed by atoms with Crippen LogP contribution in [0.15, 0.2) is 128 Å². The maximum Gasteiger partial charge on any atom is 0.0763 e. The van der Waals surface area contributed by atoms with Crippen molar-refractivity contribution in [1.29, 1.82) is 0 Å². The van der Waals surface area contributed by atoms with E-state index in [1.165, 1.54) is 71.9 Å². The first-order valence-electron chi connectivity index (χ1n) is 14.0. The predicted molar refractivity (Wildman–Crippen MR) is 167 cm³/mol. The largest absolute Gasteiger partial charge is 0.317 e. The molecule has 9 rings (SSSR count). The summed E-state index contributed by atoms with van der Waals surface area (Å²) in [5.74, 6) is 0. The van der Waals surface area contributed by atoms with Crippen LogP contribution in [0.4, 0.5) is 0 Å². The lowest BCUT2D eigenvalue weighted by Crippen LogP contribution is -2.17. The molecule has 40 heavy (non-hydrogen) atoms. The van der Waals surface area contributed by atoms with E-state index in [0.717, 1.165) is 0 Å². The number of aromatic nitrogens is 3. The second-order valence-electron chi connectivity index (χ2n) is 11.5. The number of para-hydroxylation sites is 4. The Bertz CT molecular complexity index is 2280. The molecule has 0 aliphatic carbocycles. The van der Waals surface area contributed by atoms with Crippen LogP contribution in [-0.4, -0.2) is 13.7 Å². The van der Waals surface area contributed by atoms with Gasteiger partial charge in [-0.05, 0) is 54.1 Å². The molecule has 3 heteroatoms. The van der Waals surface area contributed by atoms with E-state index >= 15 is 0 Å². The number of hydrogen-bond acceptors (Lipinski definition) is 0. The molecule has 8 aromatic rings. The lowest BCUT2D eigenvalue weighted by Gasteiger charge is -2.21. The highest BCUT2D eigenvalue weighted by molar-refractivity contribution is 6.13. The zero-order chi connectivity index (χ0) is 26.6. The standard InChI is InChI=1S/C37H27N3/c1-37(2)30-22-33-28(26-17-9-11-19-31(26)39(33)24-13-5-3-6-14-24)21-34(30)38-23-29-27-18-10-12-20-32(27)40(35(29)36(37)38)25-15-7-4-8-16-25/h3-23H,1-2H3. The van der Waals surface area contributed by atoms with E-state index < -0.39 is 0 Å². The van der Waals surface area contributed by atoms with Crippen molar-refractivity contribution in [3.05, 3.63) is 139 Å². The Morgan fingerprint density at radius 2 is 1.05 bits per heavy atom. The number of hydrogen-bond donors (Lipinski definition) is 0. The van der Waals surface area contributed by atoms with Gasteiger partial charge in [0.1, 0.15) is 0 Å². The SMILES string of the molecule is CC1(C)c2cc3c(cc2-n2cc4c5ccccc5n(-c5ccccc5)c4c21)c1ccccc1n3-c1ccccc1. The van der Waals surface area contributed by atoms with E-state index in [1.807, 2.05) is 0 Å². The molecule has 0 N–H and O–H groups in total. The summed E-state index contributed by atoms with van der Waals surface area (Å²) in [5.41, 5.74) is 11.2. The molecule has 3 nitrogen and oxygen atoms in total. The van der Waals surface area contributed by atoms with Gasteiger partial charge in [-0.2, -0.15) is 0 Å². The second-order valence-corrected chi connectivity index (χ2v) is 11.5. The summed E-state index contributed by atoms with van der Waals surface area (Å²) in [6.07, 6.45) is 2.38. The van der Waals surface area contributed by atoms with Crippen molar-refractivity contribution in [2.75, 3.05) is 0 Å².